The zero-order chi connectivity index (χ0) is 23.0. The highest BCUT2D eigenvalue weighted by molar-refractivity contribution is 7.19. The number of rotatable bonds is 5. The van der Waals surface area contributed by atoms with E-state index < -0.39 is 0 Å². The average Bonchev–Trinajstić information content (AvgIpc) is 3.18. The smallest absolute Gasteiger partial charge is 0.142 e. The van der Waals surface area contributed by atoms with Crippen LogP contribution in [0.25, 0.3) is 10.2 Å². The molecule has 6 heteroatoms. The number of hydrogen-bond acceptors (Lipinski definition) is 5. The Labute approximate surface area is 204 Å². The van der Waals surface area contributed by atoms with E-state index in [1.807, 2.05) is 59.9 Å². The van der Waals surface area contributed by atoms with Crippen LogP contribution in [0, 0.1) is 11.3 Å². The molecule has 4 nitrogen and oxygen atoms in total. The number of hydrogen-bond donors (Lipinski definition) is 1. The monoisotopic (exact) mass is 477 g/mol. The number of nitrogens with one attached hydrogen (secondary N) is 1. The summed E-state index contributed by atoms with van der Waals surface area (Å²) in [5.41, 5.74) is 3.83. The van der Waals surface area contributed by atoms with Gasteiger partial charge in [0.15, 0.2) is 0 Å². The van der Waals surface area contributed by atoms with Crippen molar-refractivity contribution in [3.63, 3.8) is 0 Å². The number of halogens is 1. The molecule has 4 aromatic rings. The third-order valence-electron chi connectivity index (χ3n) is 6.51. The van der Waals surface area contributed by atoms with E-state index in [1.165, 1.54) is 22.2 Å². The summed E-state index contributed by atoms with van der Waals surface area (Å²) in [5, 5.41) is 5.44. The van der Waals surface area contributed by atoms with E-state index in [1.54, 1.807) is 6.33 Å². The molecular weight excluding hydrogens is 450 g/mol. The Balaban J connectivity index is 1.32. The molecule has 5 rings (SSSR count). The maximum Gasteiger partial charge on any atom is 0.142 e. The number of thiophene rings is 1. The summed E-state index contributed by atoms with van der Waals surface area (Å²) in [6.45, 7) is 7.57. The fraction of sp³-hybridized carbons (Fsp3) is 0.333. The molecular formula is C27H28ClN3OS. The van der Waals surface area contributed by atoms with E-state index in [0.717, 1.165) is 45.5 Å². The molecule has 1 aliphatic rings. The molecule has 2 heterocycles. The van der Waals surface area contributed by atoms with Gasteiger partial charge in [0.25, 0.3) is 0 Å². The number of ether oxygens (including phenoxy) is 1. The van der Waals surface area contributed by atoms with Crippen LogP contribution in [0.15, 0.2) is 54.9 Å². The highest BCUT2D eigenvalue weighted by Gasteiger charge is 2.31. The second-order valence-electron chi connectivity index (χ2n) is 9.78. The van der Waals surface area contributed by atoms with Gasteiger partial charge in [-0.1, -0.05) is 44.5 Å². The Morgan fingerprint density at radius 3 is 2.55 bits per heavy atom. The number of benzene rings is 2. The Hall–Kier alpha value is -2.63. The molecule has 33 heavy (non-hydrogen) atoms. The first-order valence-electron chi connectivity index (χ1n) is 11.4. The molecule has 170 valence electrons. The highest BCUT2D eigenvalue weighted by atomic mass is 35.5. The molecule has 1 unspecified atom stereocenters. The van der Waals surface area contributed by atoms with Gasteiger partial charge in [0, 0.05) is 15.6 Å². The van der Waals surface area contributed by atoms with Crippen LogP contribution in [0.1, 0.15) is 43.2 Å². The molecule has 0 amide bonds. The number of fused-ring (bicyclic) bond motifs is 3. The number of nitrogens with zero attached hydrogens (tertiary/aromatic N) is 2. The number of aromatic nitrogens is 2. The van der Waals surface area contributed by atoms with Gasteiger partial charge in [0.2, 0.25) is 0 Å². The lowest BCUT2D eigenvalue weighted by atomic mass is 9.72. The molecule has 0 radical (unpaired) electrons. The summed E-state index contributed by atoms with van der Waals surface area (Å²) < 4.78 is 5.91. The minimum Gasteiger partial charge on any atom is -0.489 e. The van der Waals surface area contributed by atoms with Crippen molar-refractivity contribution in [1.29, 1.82) is 0 Å². The molecule has 1 aliphatic carbocycles. The molecule has 0 saturated heterocycles. The summed E-state index contributed by atoms with van der Waals surface area (Å²) in [5.74, 6) is 2.42. The van der Waals surface area contributed by atoms with Gasteiger partial charge in [-0.3, -0.25) is 0 Å². The molecule has 0 saturated carbocycles. The predicted octanol–water partition coefficient (Wildman–Crippen LogP) is 7.82. The molecule has 0 spiro atoms. The fourth-order valence-electron chi connectivity index (χ4n) is 4.46. The van der Waals surface area contributed by atoms with Crippen molar-refractivity contribution in [2.75, 3.05) is 5.32 Å². The van der Waals surface area contributed by atoms with E-state index in [4.69, 9.17) is 16.3 Å². The molecule has 0 fully saturated rings. The van der Waals surface area contributed by atoms with Crippen molar-refractivity contribution >= 4 is 44.7 Å². The van der Waals surface area contributed by atoms with Gasteiger partial charge in [-0.2, -0.15) is 0 Å². The first-order chi connectivity index (χ1) is 15.9. The second-order valence-corrected chi connectivity index (χ2v) is 11.3. The van der Waals surface area contributed by atoms with E-state index in [2.05, 4.69) is 36.1 Å². The van der Waals surface area contributed by atoms with Crippen LogP contribution in [-0.2, 0) is 19.4 Å². The van der Waals surface area contributed by atoms with E-state index in [0.29, 0.717) is 17.9 Å². The predicted molar refractivity (Wildman–Crippen MR) is 138 cm³/mol. The van der Waals surface area contributed by atoms with Crippen molar-refractivity contribution in [3.05, 3.63) is 75.9 Å². The third-order valence-corrected chi connectivity index (χ3v) is 7.92. The lowest BCUT2D eigenvalue weighted by Gasteiger charge is -2.33. The maximum atomic E-state index is 5.95. The van der Waals surface area contributed by atoms with E-state index >= 15 is 0 Å². The zero-order valence-electron chi connectivity index (χ0n) is 19.2. The van der Waals surface area contributed by atoms with Crippen molar-refractivity contribution in [3.8, 4) is 5.75 Å². The summed E-state index contributed by atoms with van der Waals surface area (Å²) >= 11 is 7.78. The molecule has 1 atom stereocenters. The Bertz CT molecular complexity index is 1260. The Kier molecular flexibility index (Phi) is 6.02. The average molecular weight is 478 g/mol. The topological polar surface area (TPSA) is 47.0 Å². The zero-order valence-corrected chi connectivity index (χ0v) is 20.8. The molecule has 2 aromatic carbocycles. The quantitative estimate of drug-likeness (QED) is 0.318. The van der Waals surface area contributed by atoms with Crippen LogP contribution in [0.4, 0.5) is 11.5 Å². The van der Waals surface area contributed by atoms with Gasteiger partial charge < -0.3 is 10.1 Å². The number of anilines is 2. The van der Waals surface area contributed by atoms with E-state index in [9.17, 15) is 0 Å². The summed E-state index contributed by atoms with van der Waals surface area (Å²) in [6, 6.07) is 15.7. The van der Waals surface area contributed by atoms with Crippen LogP contribution in [0.3, 0.4) is 0 Å². The second kappa shape index (κ2) is 8.96. The molecule has 0 bridgehead atoms. The van der Waals surface area contributed by atoms with Gasteiger partial charge in [0.1, 0.15) is 29.3 Å². The normalized spacial score (nSPS) is 15.9. The van der Waals surface area contributed by atoms with Crippen molar-refractivity contribution in [2.45, 2.75) is 46.6 Å². The van der Waals surface area contributed by atoms with E-state index in [-0.39, 0.29) is 0 Å². The van der Waals surface area contributed by atoms with Crippen LogP contribution in [0.2, 0.25) is 5.02 Å². The summed E-state index contributed by atoms with van der Waals surface area (Å²) in [7, 11) is 0. The minimum absolute atomic E-state index is 0.331. The minimum atomic E-state index is 0.331. The Morgan fingerprint density at radius 2 is 1.82 bits per heavy atom. The molecule has 2 aromatic heterocycles. The van der Waals surface area contributed by atoms with Crippen molar-refractivity contribution < 1.29 is 4.74 Å². The Morgan fingerprint density at radius 1 is 1.06 bits per heavy atom. The summed E-state index contributed by atoms with van der Waals surface area (Å²) in [6.07, 6.45) is 5.11. The lowest BCUT2D eigenvalue weighted by molar-refractivity contribution is 0.218. The van der Waals surface area contributed by atoms with Crippen LogP contribution < -0.4 is 10.1 Å². The van der Waals surface area contributed by atoms with Gasteiger partial charge >= 0.3 is 0 Å². The lowest BCUT2D eigenvalue weighted by Crippen LogP contribution is -2.26. The largest absolute Gasteiger partial charge is 0.489 e. The maximum absolute atomic E-state index is 5.95. The van der Waals surface area contributed by atoms with Gasteiger partial charge in [0.05, 0.1) is 5.39 Å². The first-order valence-corrected chi connectivity index (χ1v) is 12.6. The SMILES string of the molecule is CC(C)(C)C1CCc2c(sc3ncnc(Nc4ccc(OCc5ccc(Cl)cc5)cc4)c23)C1. The van der Waals surface area contributed by atoms with Gasteiger partial charge in [-0.15, -0.1) is 11.3 Å². The van der Waals surface area contributed by atoms with Crippen molar-refractivity contribution in [2.24, 2.45) is 11.3 Å². The van der Waals surface area contributed by atoms with Crippen LogP contribution >= 0.6 is 22.9 Å². The van der Waals surface area contributed by atoms with Gasteiger partial charge in [-0.25, -0.2) is 9.97 Å². The standard InChI is InChI=1S/C27H28ClN3OS/c1-27(2,3)18-6-13-22-23(14-18)33-26-24(22)25(29-16-30-26)31-20-9-11-21(12-10-20)32-15-17-4-7-19(28)8-5-17/h4-5,7-12,16,18H,6,13-15H2,1-3H3,(H,29,30,31). The summed E-state index contributed by atoms with van der Waals surface area (Å²) in [4.78, 5) is 11.7. The van der Waals surface area contributed by atoms with Crippen LogP contribution in [0.5, 0.6) is 5.75 Å². The highest BCUT2D eigenvalue weighted by Crippen LogP contribution is 2.44. The first kappa shape index (κ1) is 22.2. The number of aryl methyl sites for hydroxylation is 1. The van der Waals surface area contributed by atoms with Gasteiger partial charge in [-0.05, 0) is 78.1 Å². The fourth-order valence-corrected chi connectivity index (χ4v) is 5.86. The third kappa shape index (κ3) is 4.85. The molecule has 0 aliphatic heterocycles. The molecule has 1 N–H and O–H groups in total. The van der Waals surface area contributed by atoms with Crippen molar-refractivity contribution in [1.82, 2.24) is 9.97 Å². The van der Waals surface area contributed by atoms with Crippen LogP contribution in [-0.4, -0.2) is 9.97 Å².